The molecule has 0 saturated heterocycles. The van der Waals surface area contributed by atoms with Gasteiger partial charge < -0.3 is 10.2 Å². The van der Waals surface area contributed by atoms with Crippen LogP contribution in [0.2, 0.25) is 0 Å². The van der Waals surface area contributed by atoms with Crippen LogP contribution in [0.25, 0.3) is 11.3 Å². The number of aromatic amines is 1. The molecule has 0 aromatic carbocycles. The molecule has 1 saturated carbocycles. The number of pyridine rings is 1. The third-order valence-corrected chi connectivity index (χ3v) is 3.80. The zero-order chi connectivity index (χ0) is 13.8. The van der Waals surface area contributed by atoms with Crippen LogP contribution in [0.5, 0.6) is 0 Å². The lowest BCUT2D eigenvalue weighted by molar-refractivity contribution is 0.321. The van der Waals surface area contributed by atoms with Gasteiger partial charge in [0.05, 0.1) is 11.9 Å². The first-order valence-corrected chi connectivity index (χ1v) is 7.18. The smallest absolute Gasteiger partial charge is 0.0710 e. The lowest BCUT2D eigenvalue weighted by Crippen LogP contribution is -2.30. The van der Waals surface area contributed by atoms with Crippen LogP contribution in [-0.2, 0) is 6.54 Å². The van der Waals surface area contributed by atoms with Crippen LogP contribution in [0, 0.1) is 0 Å². The predicted molar refractivity (Wildman–Crippen MR) is 79.2 cm³/mol. The Morgan fingerprint density at radius 2 is 2.30 bits per heavy atom. The van der Waals surface area contributed by atoms with Crippen LogP contribution < -0.4 is 5.32 Å². The van der Waals surface area contributed by atoms with Gasteiger partial charge >= 0.3 is 0 Å². The van der Waals surface area contributed by atoms with Gasteiger partial charge in [-0.05, 0) is 32.0 Å². The molecule has 1 fully saturated rings. The third kappa shape index (κ3) is 3.23. The van der Waals surface area contributed by atoms with Crippen molar-refractivity contribution in [2.75, 3.05) is 20.1 Å². The van der Waals surface area contributed by atoms with Crippen molar-refractivity contribution in [3.8, 4) is 11.3 Å². The molecule has 2 aromatic heterocycles. The van der Waals surface area contributed by atoms with Crippen molar-refractivity contribution >= 4 is 0 Å². The van der Waals surface area contributed by atoms with E-state index in [1.807, 2.05) is 24.5 Å². The summed E-state index contributed by atoms with van der Waals surface area (Å²) < 4.78 is 0. The highest BCUT2D eigenvalue weighted by atomic mass is 15.2. The second-order valence-electron chi connectivity index (χ2n) is 5.40. The number of rotatable bonds is 7. The van der Waals surface area contributed by atoms with Crippen molar-refractivity contribution in [1.82, 2.24) is 25.4 Å². The fourth-order valence-electron chi connectivity index (χ4n) is 2.38. The molecule has 5 heteroatoms. The van der Waals surface area contributed by atoms with Crippen molar-refractivity contribution < 1.29 is 0 Å². The molecule has 3 rings (SSSR count). The van der Waals surface area contributed by atoms with E-state index in [2.05, 4.69) is 32.4 Å². The Bertz CT molecular complexity index is 532. The topological polar surface area (TPSA) is 56.8 Å². The van der Waals surface area contributed by atoms with E-state index in [0.29, 0.717) is 0 Å². The molecule has 2 N–H and O–H groups in total. The maximum Gasteiger partial charge on any atom is 0.0710 e. The van der Waals surface area contributed by atoms with Crippen molar-refractivity contribution in [2.45, 2.75) is 25.4 Å². The molecule has 0 spiro atoms. The summed E-state index contributed by atoms with van der Waals surface area (Å²) in [5, 5.41) is 10.7. The first kappa shape index (κ1) is 13.3. The normalized spacial score (nSPS) is 14.9. The van der Waals surface area contributed by atoms with E-state index >= 15 is 0 Å². The Morgan fingerprint density at radius 3 is 3.05 bits per heavy atom. The van der Waals surface area contributed by atoms with Gasteiger partial charge in [0.2, 0.25) is 0 Å². The summed E-state index contributed by atoms with van der Waals surface area (Å²) in [5.41, 5.74) is 3.32. The highest BCUT2D eigenvalue weighted by Gasteiger charge is 2.25. The number of nitrogens with zero attached hydrogens (tertiary/aromatic N) is 3. The number of aromatic nitrogens is 3. The molecular formula is C15H21N5. The van der Waals surface area contributed by atoms with E-state index in [1.165, 1.54) is 18.4 Å². The molecule has 2 heterocycles. The summed E-state index contributed by atoms with van der Waals surface area (Å²) in [6.45, 7) is 2.94. The van der Waals surface area contributed by atoms with Crippen LogP contribution in [0.4, 0.5) is 0 Å². The third-order valence-electron chi connectivity index (χ3n) is 3.80. The summed E-state index contributed by atoms with van der Waals surface area (Å²) in [6, 6.07) is 4.82. The molecule has 0 atom stereocenters. The Kier molecular flexibility index (Phi) is 4.08. The highest BCUT2D eigenvalue weighted by molar-refractivity contribution is 5.61. The minimum absolute atomic E-state index is 0.830. The Hall–Kier alpha value is -1.72. The number of H-pyrrole nitrogens is 1. The van der Waals surface area contributed by atoms with E-state index in [4.69, 9.17) is 0 Å². The molecule has 0 bridgehead atoms. The van der Waals surface area contributed by atoms with Crippen molar-refractivity contribution in [2.24, 2.45) is 0 Å². The highest BCUT2D eigenvalue weighted by Crippen LogP contribution is 2.24. The van der Waals surface area contributed by atoms with Gasteiger partial charge in [-0.2, -0.15) is 5.10 Å². The molecule has 0 amide bonds. The average molecular weight is 271 g/mol. The Morgan fingerprint density at radius 1 is 1.40 bits per heavy atom. The van der Waals surface area contributed by atoms with Crippen molar-refractivity contribution in [1.29, 1.82) is 0 Å². The van der Waals surface area contributed by atoms with Gasteiger partial charge in [0.15, 0.2) is 0 Å². The minimum atomic E-state index is 0.830. The first-order valence-electron chi connectivity index (χ1n) is 7.18. The molecule has 0 unspecified atom stereocenters. The van der Waals surface area contributed by atoms with E-state index < -0.39 is 0 Å². The Labute approximate surface area is 119 Å². The van der Waals surface area contributed by atoms with Gasteiger partial charge in [0, 0.05) is 49.2 Å². The van der Waals surface area contributed by atoms with Crippen LogP contribution in [0.15, 0.2) is 30.7 Å². The average Bonchev–Trinajstić information content (AvgIpc) is 3.23. The van der Waals surface area contributed by atoms with Gasteiger partial charge in [-0.25, -0.2) is 0 Å². The van der Waals surface area contributed by atoms with E-state index in [0.717, 1.165) is 36.9 Å². The van der Waals surface area contributed by atoms with E-state index in [1.54, 1.807) is 6.20 Å². The molecule has 1 aliphatic rings. The molecule has 2 aromatic rings. The summed E-state index contributed by atoms with van der Waals surface area (Å²) in [5.74, 6) is 0. The summed E-state index contributed by atoms with van der Waals surface area (Å²) >= 11 is 0. The van der Waals surface area contributed by atoms with Gasteiger partial charge in [0.25, 0.3) is 0 Å². The second-order valence-corrected chi connectivity index (χ2v) is 5.40. The fourth-order valence-corrected chi connectivity index (χ4v) is 2.38. The quantitative estimate of drug-likeness (QED) is 0.752. The maximum atomic E-state index is 4.15. The van der Waals surface area contributed by atoms with Crippen LogP contribution in [-0.4, -0.2) is 46.3 Å². The first-order chi connectivity index (χ1) is 9.84. The van der Waals surface area contributed by atoms with Crippen LogP contribution in [0.3, 0.4) is 0 Å². The summed E-state index contributed by atoms with van der Waals surface area (Å²) in [4.78, 5) is 6.59. The van der Waals surface area contributed by atoms with Crippen LogP contribution >= 0.6 is 0 Å². The number of likely N-dealkylation sites (N-methyl/N-ethyl adjacent to an activating group) is 1. The molecular weight excluding hydrogens is 250 g/mol. The summed E-state index contributed by atoms with van der Waals surface area (Å²) in [7, 11) is 2.21. The lowest BCUT2D eigenvalue weighted by Gasteiger charge is -2.15. The molecule has 0 radical (unpaired) electrons. The molecule has 1 aliphatic carbocycles. The van der Waals surface area contributed by atoms with Crippen molar-refractivity contribution in [3.63, 3.8) is 0 Å². The predicted octanol–water partition coefficient (Wildman–Crippen LogP) is 1.66. The zero-order valence-electron chi connectivity index (χ0n) is 11.8. The number of nitrogens with one attached hydrogen (secondary N) is 2. The SMILES string of the molecule is CN(CCNCc1cn[nH]c1-c1cccnc1)C1CC1. The molecule has 0 aliphatic heterocycles. The molecule has 20 heavy (non-hydrogen) atoms. The minimum Gasteiger partial charge on any atom is -0.311 e. The zero-order valence-corrected chi connectivity index (χ0v) is 11.8. The van der Waals surface area contributed by atoms with E-state index in [9.17, 15) is 0 Å². The number of hydrogen-bond donors (Lipinski definition) is 2. The molecule has 106 valence electrons. The van der Waals surface area contributed by atoms with Gasteiger partial charge in [-0.15, -0.1) is 0 Å². The second kappa shape index (κ2) is 6.15. The number of hydrogen-bond acceptors (Lipinski definition) is 4. The van der Waals surface area contributed by atoms with Gasteiger partial charge in [-0.1, -0.05) is 0 Å². The largest absolute Gasteiger partial charge is 0.311 e. The fraction of sp³-hybridized carbons (Fsp3) is 0.467. The maximum absolute atomic E-state index is 4.15. The summed E-state index contributed by atoms with van der Waals surface area (Å²) in [6.07, 6.45) is 8.26. The van der Waals surface area contributed by atoms with Gasteiger partial charge in [0.1, 0.15) is 0 Å². The van der Waals surface area contributed by atoms with E-state index in [-0.39, 0.29) is 0 Å². The van der Waals surface area contributed by atoms with Gasteiger partial charge in [-0.3, -0.25) is 10.1 Å². The Balaban J connectivity index is 1.52. The van der Waals surface area contributed by atoms with Crippen molar-refractivity contribution in [3.05, 3.63) is 36.3 Å². The monoisotopic (exact) mass is 271 g/mol. The lowest BCUT2D eigenvalue weighted by atomic mass is 10.1. The molecule has 5 nitrogen and oxygen atoms in total. The standard InChI is InChI=1S/C15H21N5/c1-20(14-4-5-14)8-7-17-10-13-11-18-19-15(13)12-3-2-6-16-9-12/h2-3,6,9,11,14,17H,4-5,7-8,10H2,1H3,(H,18,19). The van der Waals surface area contributed by atoms with Crippen LogP contribution in [0.1, 0.15) is 18.4 Å².